The Labute approximate surface area is 252 Å². The van der Waals surface area contributed by atoms with Crippen LogP contribution in [0, 0.1) is 6.92 Å². The van der Waals surface area contributed by atoms with Crippen LogP contribution < -0.4 is 10.6 Å². The van der Waals surface area contributed by atoms with E-state index in [9.17, 15) is 4.79 Å². The van der Waals surface area contributed by atoms with E-state index in [0.717, 1.165) is 66.7 Å². The van der Waals surface area contributed by atoms with E-state index in [1.165, 1.54) is 11.1 Å². The molecular weight excluding hydrogens is 536 g/mol. The molecule has 1 aliphatic heterocycles. The van der Waals surface area contributed by atoms with Crippen molar-refractivity contribution in [3.8, 4) is 11.3 Å². The first-order valence-corrected chi connectivity index (χ1v) is 14.8. The van der Waals surface area contributed by atoms with Crippen molar-refractivity contribution in [2.24, 2.45) is 0 Å². The van der Waals surface area contributed by atoms with Gasteiger partial charge in [-0.3, -0.25) is 9.69 Å². The molecule has 0 unspecified atom stereocenters. The van der Waals surface area contributed by atoms with Crippen molar-refractivity contribution in [2.45, 2.75) is 39.7 Å². The van der Waals surface area contributed by atoms with Gasteiger partial charge in [-0.2, -0.15) is 0 Å². The minimum Gasteiger partial charge on any atom is -0.379 e. The number of imidazole rings is 1. The lowest BCUT2D eigenvalue weighted by Crippen LogP contribution is -2.35. The number of nitrogens with zero attached hydrogens (tertiary/aromatic N) is 4. The molecule has 3 heterocycles. The number of anilines is 3. The monoisotopic (exact) mass is 574 g/mol. The number of hydrogen-bond acceptors (Lipinski definition) is 6. The number of aryl methyl sites for hydroxylation is 1. The summed E-state index contributed by atoms with van der Waals surface area (Å²) in [5, 5.41) is 6.57. The highest BCUT2D eigenvalue weighted by molar-refractivity contribution is 6.05. The van der Waals surface area contributed by atoms with Crippen LogP contribution in [0.3, 0.4) is 0 Å². The molecule has 0 aliphatic carbocycles. The molecule has 220 valence electrons. The number of carbonyl (C=O) groups excluding carboxylic acids is 1. The lowest BCUT2D eigenvalue weighted by atomic mass is 9.86. The maximum Gasteiger partial charge on any atom is 0.255 e. The fraction of sp³-hybridized carbons (Fsp3) is 0.286. The second-order valence-corrected chi connectivity index (χ2v) is 12.2. The summed E-state index contributed by atoms with van der Waals surface area (Å²) < 4.78 is 7.43. The van der Waals surface area contributed by atoms with Crippen molar-refractivity contribution in [3.05, 3.63) is 108 Å². The normalized spacial score (nSPS) is 14.1. The van der Waals surface area contributed by atoms with E-state index in [2.05, 4.69) is 65.6 Å². The Balaban J connectivity index is 1.22. The fourth-order valence-corrected chi connectivity index (χ4v) is 5.23. The molecule has 0 atom stereocenters. The predicted molar refractivity (Wildman–Crippen MR) is 172 cm³/mol. The molecule has 1 saturated heterocycles. The Kier molecular flexibility index (Phi) is 7.97. The van der Waals surface area contributed by atoms with E-state index >= 15 is 0 Å². The number of morpholine rings is 1. The smallest absolute Gasteiger partial charge is 0.255 e. The van der Waals surface area contributed by atoms with Crippen molar-refractivity contribution in [3.63, 3.8) is 0 Å². The van der Waals surface area contributed by atoms with Crippen molar-refractivity contribution in [2.75, 3.05) is 36.9 Å². The third-order valence-corrected chi connectivity index (χ3v) is 7.90. The van der Waals surface area contributed by atoms with Gasteiger partial charge in [-0.25, -0.2) is 9.97 Å². The van der Waals surface area contributed by atoms with Crippen molar-refractivity contribution in [1.82, 2.24) is 19.3 Å². The number of hydrogen-bond donors (Lipinski definition) is 2. The summed E-state index contributed by atoms with van der Waals surface area (Å²) in [5.41, 5.74) is 8.17. The summed E-state index contributed by atoms with van der Waals surface area (Å²) in [6, 6.07) is 22.3. The van der Waals surface area contributed by atoms with E-state index < -0.39 is 0 Å². The van der Waals surface area contributed by atoms with E-state index in [0.29, 0.717) is 11.4 Å². The van der Waals surface area contributed by atoms with Gasteiger partial charge >= 0.3 is 0 Å². The molecule has 0 spiro atoms. The molecule has 2 N–H and O–H groups in total. The van der Waals surface area contributed by atoms with Crippen molar-refractivity contribution < 1.29 is 9.53 Å². The average Bonchev–Trinajstić information content (AvgIpc) is 3.49. The van der Waals surface area contributed by atoms with Gasteiger partial charge < -0.3 is 19.8 Å². The SMILES string of the molecule is Cc1ccc(-c2cn3ccnc3c(Nc3ccc(CN4CCOCC4)cc3)n2)cc1NC(=O)c1ccc(C(C)(C)C)cc1. The highest BCUT2D eigenvalue weighted by Gasteiger charge is 2.16. The van der Waals surface area contributed by atoms with Crippen LogP contribution in [0.15, 0.2) is 85.3 Å². The van der Waals surface area contributed by atoms with Gasteiger partial charge in [0.1, 0.15) is 0 Å². The van der Waals surface area contributed by atoms with Crippen molar-refractivity contribution >= 4 is 28.7 Å². The number of amides is 1. The minimum atomic E-state index is -0.141. The van der Waals surface area contributed by atoms with Gasteiger partial charge in [0.15, 0.2) is 11.5 Å². The van der Waals surface area contributed by atoms with Gasteiger partial charge in [0.25, 0.3) is 5.91 Å². The Bertz CT molecular complexity index is 1730. The molecule has 1 amide bonds. The third-order valence-electron chi connectivity index (χ3n) is 7.90. The Morgan fingerprint density at radius 2 is 1.72 bits per heavy atom. The van der Waals surface area contributed by atoms with Gasteiger partial charge in [-0.15, -0.1) is 0 Å². The van der Waals surface area contributed by atoms with E-state index in [1.54, 1.807) is 6.20 Å². The fourth-order valence-electron chi connectivity index (χ4n) is 5.23. The number of nitrogens with one attached hydrogen (secondary N) is 2. The number of rotatable bonds is 7. The van der Waals surface area contributed by atoms with E-state index in [1.807, 2.05) is 66.2 Å². The van der Waals surface area contributed by atoms with Gasteiger partial charge in [0, 0.05) is 60.7 Å². The van der Waals surface area contributed by atoms with E-state index in [-0.39, 0.29) is 11.3 Å². The number of fused-ring (bicyclic) bond motifs is 1. The molecule has 0 radical (unpaired) electrons. The molecule has 1 fully saturated rings. The average molecular weight is 575 g/mol. The third kappa shape index (κ3) is 6.61. The molecule has 8 nitrogen and oxygen atoms in total. The lowest BCUT2D eigenvalue weighted by Gasteiger charge is -2.26. The number of carbonyl (C=O) groups is 1. The van der Waals surface area contributed by atoms with Crippen LogP contribution in [0.1, 0.15) is 47.8 Å². The van der Waals surface area contributed by atoms with Crippen LogP contribution in [-0.2, 0) is 16.7 Å². The Hall–Kier alpha value is -4.53. The predicted octanol–water partition coefficient (Wildman–Crippen LogP) is 6.83. The second kappa shape index (κ2) is 12.0. The maximum absolute atomic E-state index is 13.2. The first-order chi connectivity index (χ1) is 20.7. The molecule has 43 heavy (non-hydrogen) atoms. The number of ether oxygens (including phenoxy) is 1. The molecule has 1 aliphatic rings. The largest absolute Gasteiger partial charge is 0.379 e. The topological polar surface area (TPSA) is 83.8 Å². The summed E-state index contributed by atoms with van der Waals surface area (Å²) in [5.74, 6) is 0.520. The zero-order chi connectivity index (χ0) is 30.0. The highest BCUT2D eigenvalue weighted by atomic mass is 16.5. The maximum atomic E-state index is 13.2. The van der Waals surface area contributed by atoms with Gasteiger partial charge in [0.05, 0.1) is 18.9 Å². The zero-order valence-electron chi connectivity index (χ0n) is 25.2. The molecule has 5 aromatic rings. The van der Waals surface area contributed by atoms with Crippen LogP contribution in [0.2, 0.25) is 0 Å². The van der Waals surface area contributed by atoms with Crippen LogP contribution in [0.25, 0.3) is 16.9 Å². The van der Waals surface area contributed by atoms with Gasteiger partial charge in [0.2, 0.25) is 0 Å². The number of aromatic nitrogens is 3. The minimum absolute atomic E-state index is 0.0312. The summed E-state index contributed by atoms with van der Waals surface area (Å²) in [4.78, 5) is 25.1. The Morgan fingerprint density at radius 1 is 0.977 bits per heavy atom. The molecule has 0 bridgehead atoms. The molecule has 8 heteroatoms. The van der Waals surface area contributed by atoms with Crippen LogP contribution >= 0.6 is 0 Å². The Morgan fingerprint density at radius 3 is 2.44 bits per heavy atom. The lowest BCUT2D eigenvalue weighted by molar-refractivity contribution is 0.0342. The summed E-state index contributed by atoms with van der Waals surface area (Å²) in [6.45, 7) is 12.9. The summed E-state index contributed by atoms with van der Waals surface area (Å²) in [6.07, 6.45) is 5.64. The van der Waals surface area contributed by atoms with Gasteiger partial charge in [-0.05, 0) is 59.4 Å². The molecule has 2 aromatic heterocycles. The zero-order valence-corrected chi connectivity index (χ0v) is 25.2. The standard InChI is InChI=1S/C35H38N6O2/c1-24-5-8-27(21-30(24)39-34(42)26-9-11-28(12-10-26)35(2,3)4)31-23-41-16-15-36-33(41)32(38-31)37-29-13-6-25(7-14-29)22-40-17-19-43-20-18-40/h5-16,21,23H,17-20,22H2,1-4H3,(H,37,38)(H,39,42). The van der Waals surface area contributed by atoms with Gasteiger partial charge in [-0.1, -0.05) is 57.2 Å². The quantitative estimate of drug-likeness (QED) is 0.222. The first kappa shape index (κ1) is 28.6. The molecule has 3 aromatic carbocycles. The first-order valence-electron chi connectivity index (χ1n) is 14.8. The van der Waals surface area contributed by atoms with Crippen LogP contribution in [0.5, 0.6) is 0 Å². The highest BCUT2D eigenvalue weighted by Crippen LogP contribution is 2.29. The second-order valence-electron chi connectivity index (χ2n) is 12.2. The molecule has 0 saturated carbocycles. The van der Waals surface area contributed by atoms with Crippen LogP contribution in [-0.4, -0.2) is 51.5 Å². The molecule has 6 rings (SSSR count). The summed E-state index contributed by atoms with van der Waals surface area (Å²) in [7, 11) is 0. The van der Waals surface area contributed by atoms with Crippen molar-refractivity contribution in [1.29, 1.82) is 0 Å². The van der Waals surface area contributed by atoms with Crippen LogP contribution in [0.4, 0.5) is 17.2 Å². The molecular formula is C35H38N6O2. The van der Waals surface area contributed by atoms with E-state index in [4.69, 9.17) is 9.72 Å². The number of benzene rings is 3. The summed E-state index contributed by atoms with van der Waals surface area (Å²) >= 11 is 0.